The van der Waals surface area contributed by atoms with Crippen molar-refractivity contribution >= 4 is 11.8 Å². The lowest BCUT2D eigenvalue weighted by atomic mass is 10.2. The third-order valence-electron chi connectivity index (χ3n) is 1.21. The van der Waals surface area contributed by atoms with Crippen LogP contribution in [0.4, 0.5) is 8.78 Å². The first-order chi connectivity index (χ1) is 5.72. The van der Waals surface area contributed by atoms with E-state index >= 15 is 0 Å². The number of rotatable bonds is 2. The van der Waals surface area contributed by atoms with Crippen molar-refractivity contribution in [2.45, 2.75) is 10.7 Å². The molecule has 4 heteroatoms. The first kappa shape index (κ1) is 9.01. The highest BCUT2D eigenvalue weighted by Gasteiger charge is 2.03. The van der Waals surface area contributed by atoms with E-state index in [1.54, 1.807) is 0 Å². The predicted molar refractivity (Wildman–Crippen MR) is 43.0 cm³/mol. The Hall–Kier alpha value is -1.08. The van der Waals surface area contributed by atoms with Crippen molar-refractivity contribution in [1.82, 2.24) is 0 Å². The van der Waals surface area contributed by atoms with E-state index in [-0.39, 0.29) is 0 Å². The van der Waals surface area contributed by atoms with Crippen molar-refractivity contribution in [2.24, 2.45) is 0 Å². The van der Waals surface area contributed by atoms with Crippen molar-refractivity contribution in [2.75, 3.05) is 0 Å². The smallest absolute Gasteiger partial charge is 0.198 e. The third-order valence-corrected chi connectivity index (χ3v) is 1.93. The lowest BCUT2D eigenvalue weighted by molar-refractivity contribution is 0.252. The molecule has 0 atom stereocenters. The standard InChI is InChI=1S/C8H5F2NS/c9-8(10)12-7-3-1-6(5-11)2-4-7/h1-4,8H. The van der Waals surface area contributed by atoms with Crippen LogP contribution in [0.15, 0.2) is 29.2 Å². The van der Waals surface area contributed by atoms with Gasteiger partial charge in [0.15, 0.2) is 0 Å². The van der Waals surface area contributed by atoms with E-state index in [0.717, 1.165) is 0 Å². The molecule has 0 amide bonds. The van der Waals surface area contributed by atoms with Gasteiger partial charge in [-0.1, -0.05) is 11.8 Å². The van der Waals surface area contributed by atoms with Gasteiger partial charge in [0, 0.05) is 4.90 Å². The Morgan fingerprint density at radius 3 is 2.25 bits per heavy atom. The summed E-state index contributed by atoms with van der Waals surface area (Å²) < 4.78 is 23.6. The third kappa shape index (κ3) is 2.51. The highest BCUT2D eigenvalue weighted by molar-refractivity contribution is 7.99. The monoisotopic (exact) mass is 185 g/mol. The van der Waals surface area contributed by atoms with E-state index < -0.39 is 5.76 Å². The maximum Gasteiger partial charge on any atom is 0.288 e. The number of thioether (sulfide) groups is 1. The van der Waals surface area contributed by atoms with Crippen LogP contribution in [0.2, 0.25) is 0 Å². The molecule has 0 N–H and O–H groups in total. The minimum Gasteiger partial charge on any atom is -0.198 e. The minimum absolute atomic E-state index is 0.475. The van der Waals surface area contributed by atoms with Crippen LogP contribution in [-0.4, -0.2) is 5.76 Å². The van der Waals surface area contributed by atoms with Crippen LogP contribution in [-0.2, 0) is 0 Å². The number of nitriles is 1. The number of nitrogens with zero attached hydrogens (tertiary/aromatic N) is 1. The molecule has 1 nitrogen and oxygen atoms in total. The van der Waals surface area contributed by atoms with Gasteiger partial charge in [-0.3, -0.25) is 0 Å². The Bertz CT molecular complexity index is 289. The van der Waals surface area contributed by atoms with Crippen molar-refractivity contribution in [1.29, 1.82) is 5.26 Å². The van der Waals surface area contributed by atoms with Crippen LogP contribution >= 0.6 is 11.8 Å². The van der Waals surface area contributed by atoms with Gasteiger partial charge >= 0.3 is 0 Å². The second-order valence-electron chi connectivity index (χ2n) is 2.01. The fraction of sp³-hybridized carbons (Fsp3) is 0.125. The zero-order chi connectivity index (χ0) is 8.97. The fourth-order valence-electron chi connectivity index (χ4n) is 0.711. The zero-order valence-electron chi connectivity index (χ0n) is 6.00. The topological polar surface area (TPSA) is 23.8 Å². The van der Waals surface area contributed by atoms with Gasteiger partial charge in [0.1, 0.15) is 0 Å². The van der Waals surface area contributed by atoms with Crippen molar-refractivity contribution in [3.63, 3.8) is 0 Å². The fourth-order valence-corrected chi connectivity index (χ4v) is 1.21. The second-order valence-corrected chi connectivity index (χ2v) is 3.08. The summed E-state index contributed by atoms with van der Waals surface area (Å²) in [5.74, 6) is -2.40. The number of halogens is 2. The molecule has 0 bridgehead atoms. The second kappa shape index (κ2) is 4.07. The SMILES string of the molecule is N#Cc1ccc(SC(F)F)cc1. The summed E-state index contributed by atoms with van der Waals surface area (Å²) in [7, 11) is 0. The molecule has 0 radical (unpaired) electrons. The largest absolute Gasteiger partial charge is 0.288 e. The molecule has 0 aliphatic heterocycles. The maximum atomic E-state index is 11.8. The van der Waals surface area contributed by atoms with Crippen molar-refractivity contribution in [3.05, 3.63) is 29.8 Å². The molecule has 0 saturated heterocycles. The number of hydrogen-bond donors (Lipinski definition) is 0. The molecule has 62 valence electrons. The molecule has 1 aromatic carbocycles. The molecule has 0 aromatic heterocycles. The van der Waals surface area contributed by atoms with E-state index in [2.05, 4.69) is 0 Å². The normalized spacial score (nSPS) is 9.83. The molecule has 1 aromatic rings. The van der Waals surface area contributed by atoms with Gasteiger partial charge in [-0.2, -0.15) is 14.0 Å². The molecule has 0 spiro atoms. The summed E-state index contributed by atoms with van der Waals surface area (Å²) in [6.07, 6.45) is 0. The highest BCUT2D eigenvalue weighted by Crippen LogP contribution is 2.24. The van der Waals surface area contributed by atoms with Gasteiger partial charge in [0.05, 0.1) is 11.6 Å². The molecular weight excluding hydrogens is 180 g/mol. The molecular formula is C8H5F2NS. The molecule has 0 fully saturated rings. The van der Waals surface area contributed by atoms with Gasteiger partial charge in [0.2, 0.25) is 0 Å². The molecule has 0 aliphatic rings. The molecule has 1 rings (SSSR count). The van der Waals surface area contributed by atoms with Crippen LogP contribution in [0.1, 0.15) is 5.56 Å². The van der Waals surface area contributed by atoms with E-state index in [9.17, 15) is 8.78 Å². The molecule has 0 heterocycles. The Labute approximate surface area is 73.0 Å². The highest BCUT2D eigenvalue weighted by atomic mass is 32.2. The van der Waals surface area contributed by atoms with Gasteiger partial charge in [-0.15, -0.1) is 0 Å². The first-order valence-corrected chi connectivity index (χ1v) is 4.05. The Balaban J connectivity index is 2.73. The number of hydrogen-bond acceptors (Lipinski definition) is 2. The van der Waals surface area contributed by atoms with Crippen molar-refractivity contribution < 1.29 is 8.78 Å². The lowest BCUT2D eigenvalue weighted by Crippen LogP contribution is -1.81. The summed E-state index contributed by atoms with van der Waals surface area (Å²) in [6, 6.07) is 7.97. The summed E-state index contributed by atoms with van der Waals surface area (Å²) in [4.78, 5) is 0.476. The summed E-state index contributed by atoms with van der Waals surface area (Å²) in [5.41, 5.74) is 0.480. The van der Waals surface area contributed by atoms with Crippen LogP contribution in [0, 0.1) is 11.3 Å². The van der Waals surface area contributed by atoms with Gasteiger partial charge in [0.25, 0.3) is 5.76 Å². The quantitative estimate of drug-likeness (QED) is 0.661. The van der Waals surface area contributed by atoms with Gasteiger partial charge in [-0.25, -0.2) is 0 Å². The molecule has 0 saturated carbocycles. The summed E-state index contributed by atoms with van der Waals surface area (Å²) >= 11 is 0.475. The number of alkyl halides is 2. The van der Waals surface area contributed by atoms with E-state index in [1.165, 1.54) is 24.3 Å². The maximum absolute atomic E-state index is 11.8. The Morgan fingerprint density at radius 1 is 1.25 bits per heavy atom. The summed E-state index contributed by atoms with van der Waals surface area (Å²) in [6.45, 7) is 0. The Kier molecular flexibility index (Phi) is 3.06. The van der Waals surface area contributed by atoms with Crippen LogP contribution in [0.3, 0.4) is 0 Å². The average Bonchev–Trinajstić information content (AvgIpc) is 2.05. The molecule has 12 heavy (non-hydrogen) atoms. The van der Waals surface area contributed by atoms with E-state index in [0.29, 0.717) is 22.2 Å². The minimum atomic E-state index is -2.40. The predicted octanol–water partition coefficient (Wildman–Crippen LogP) is 2.87. The number of benzene rings is 1. The average molecular weight is 185 g/mol. The van der Waals surface area contributed by atoms with Crippen LogP contribution in [0.5, 0.6) is 0 Å². The van der Waals surface area contributed by atoms with Crippen LogP contribution in [0.25, 0.3) is 0 Å². The Morgan fingerprint density at radius 2 is 1.83 bits per heavy atom. The van der Waals surface area contributed by atoms with Gasteiger partial charge < -0.3 is 0 Å². The lowest BCUT2D eigenvalue weighted by Gasteiger charge is -1.98. The van der Waals surface area contributed by atoms with E-state index in [1.807, 2.05) is 6.07 Å². The van der Waals surface area contributed by atoms with Crippen LogP contribution < -0.4 is 0 Å². The molecule has 0 unspecified atom stereocenters. The van der Waals surface area contributed by atoms with Gasteiger partial charge in [-0.05, 0) is 24.3 Å². The zero-order valence-corrected chi connectivity index (χ0v) is 6.81. The first-order valence-electron chi connectivity index (χ1n) is 3.17. The van der Waals surface area contributed by atoms with E-state index in [4.69, 9.17) is 5.26 Å². The molecule has 0 aliphatic carbocycles. The van der Waals surface area contributed by atoms with Crippen molar-refractivity contribution in [3.8, 4) is 6.07 Å². The summed E-state index contributed by atoms with van der Waals surface area (Å²) in [5, 5.41) is 8.41.